The summed E-state index contributed by atoms with van der Waals surface area (Å²) >= 11 is 0. The van der Waals surface area contributed by atoms with Gasteiger partial charge in [0.2, 0.25) is 28.5 Å². The molecule has 5 nitrogen and oxygen atoms in total. The molecule has 0 fully saturated rings. The molecule has 0 unspecified atom stereocenters. The number of rotatable bonds is 11. The Morgan fingerprint density at radius 3 is 0.786 bits per heavy atom. The van der Waals surface area contributed by atoms with Crippen LogP contribution in [0.3, 0.4) is 0 Å². The molecule has 6 heteroatoms. The van der Waals surface area contributed by atoms with Crippen molar-refractivity contribution >= 4 is 53.9 Å². The highest BCUT2D eigenvalue weighted by Gasteiger charge is 2.30. The van der Waals surface area contributed by atoms with Crippen LogP contribution in [0.5, 0.6) is 0 Å². The predicted molar refractivity (Wildman–Crippen MR) is 616 cm³/mol. The van der Waals surface area contributed by atoms with E-state index in [-0.39, 0.29) is 32.9 Å². The van der Waals surface area contributed by atoms with Gasteiger partial charge in [-0.05, 0) is 285 Å². The quantitative estimate of drug-likeness (QED) is 0.115. The summed E-state index contributed by atoms with van der Waals surface area (Å²) in [7, 11) is 10.6. The summed E-state index contributed by atoms with van der Waals surface area (Å²) in [6.45, 7) is 51.7. The van der Waals surface area contributed by atoms with Crippen LogP contribution in [0.1, 0.15) is 190 Å². The zero-order valence-electron chi connectivity index (χ0n) is 91.0. The molecular weight excluding hydrogens is 1760 g/mol. The predicted octanol–water partition coefficient (Wildman–Crippen LogP) is 34.6. The molecule has 0 saturated heterocycles. The van der Waals surface area contributed by atoms with Crippen molar-refractivity contribution in [2.75, 3.05) is 0 Å². The van der Waals surface area contributed by atoms with Crippen molar-refractivity contribution < 1.29 is 27.2 Å². The van der Waals surface area contributed by atoms with Gasteiger partial charge in [-0.3, -0.25) is 0 Å². The number of hydrogen-bond acceptors (Lipinski definition) is 0. The Labute approximate surface area is 863 Å². The van der Waals surface area contributed by atoms with Gasteiger partial charge in [0, 0.05) is 41.5 Å². The summed E-state index contributed by atoms with van der Waals surface area (Å²) in [6.07, 6.45) is 10.8. The average molecular weight is 1910 g/mol. The lowest BCUT2D eigenvalue weighted by Gasteiger charge is -2.20. The minimum Gasteiger partial charge on any atom is -0.206 e. The molecule has 0 atom stereocenters. The fourth-order valence-electron chi connectivity index (χ4n) is 20.3. The Morgan fingerprint density at radius 2 is 0.462 bits per heavy atom. The molecule has 5 aromatic heterocycles. The van der Waals surface area contributed by atoms with E-state index in [1.54, 1.807) is 6.07 Å². The van der Waals surface area contributed by atoms with E-state index in [9.17, 15) is 4.39 Å². The second-order valence-electron chi connectivity index (χ2n) is 45.5. The van der Waals surface area contributed by atoms with Gasteiger partial charge in [-0.2, -0.15) is 0 Å². The lowest BCUT2D eigenvalue weighted by molar-refractivity contribution is -0.659. The van der Waals surface area contributed by atoms with Gasteiger partial charge < -0.3 is 0 Å². The van der Waals surface area contributed by atoms with Gasteiger partial charge in [-0.15, -0.1) is 0 Å². The lowest BCUT2D eigenvalue weighted by Crippen LogP contribution is -2.31. The first-order valence-electron chi connectivity index (χ1n) is 51.6. The van der Waals surface area contributed by atoms with E-state index in [2.05, 4.69) is 545 Å². The van der Waals surface area contributed by atoms with Crippen LogP contribution in [0.2, 0.25) is 0 Å². The third-order valence-corrected chi connectivity index (χ3v) is 29.3. The number of pyridine rings is 5. The Hall–Kier alpha value is -14.7. The Balaban J connectivity index is 0.000000130. The molecule has 0 N–H and O–H groups in total. The first kappa shape index (κ1) is 103. The van der Waals surface area contributed by atoms with Crippen LogP contribution in [-0.4, -0.2) is 0 Å². The first-order chi connectivity index (χ1) is 68.9. The highest BCUT2D eigenvalue weighted by molar-refractivity contribution is 6.00. The summed E-state index contributed by atoms with van der Waals surface area (Å²) in [6, 6.07) is 124. The molecule has 0 aliphatic rings. The molecule has 0 amide bonds. The summed E-state index contributed by atoms with van der Waals surface area (Å²) in [5, 5.41) is 12.8. The van der Waals surface area contributed by atoms with Crippen molar-refractivity contribution in [2.45, 2.75) is 192 Å². The summed E-state index contributed by atoms with van der Waals surface area (Å²) < 4.78 is 26.0. The number of hydrogen-bond donors (Lipinski definition) is 0. The third-order valence-electron chi connectivity index (χ3n) is 29.3. The molecule has 20 rings (SSSR count). The highest BCUT2D eigenvalue weighted by Crippen LogP contribution is 2.44. The molecule has 145 heavy (non-hydrogen) atoms. The monoisotopic (exact) mass is 1910 g/mol. The lowest BCUT2D eigenvalue weighted by atomic mass is 9.84. The van der Waals surface area contributed by atoms with Crippen LogP contribution < -0.4 is 22.8 Å². The molecular formula is C139H147FN5+5. The van der Waals surface area contributed by atoms with Gasteiger partial charge in [0.15, 0.2) is 31.0 Å². The standard InChI is InChI=1S/C30H34N.C28H30N.C27H27FN.2C27H28N/c1-20(2)27-18-24(22-11-9-8-10-12-22)19-28(21(27)3)29-26-14-13-25(30(4,5)6)17-23(26)15-16-31(29)7;1-19-16-23(21-10-8-7-9-11-21)18-26(20(19)2)27-25-13-12-24(28(3,4)5)17-22(25)14-15-29(27)6;1-18-15-25(28)24(19-9-7-6-8-10-19)17-23(18)26-22-12-11-21(27(2,3)4)16-20(22)13-14-29(26)5;1-19-17-21(20-9-7-6-8-10-20)11-13-24(19)26-25-14-12-23(27(2,3)4)18-22(25)15-16-28(26)5;1-19-11-12-21(20-9-7-6-8-10-20)18-25(19)26-24-14-13-23(27(2,3)4)17-22(24)15-16-28(26)5/h8-20H,1-7H3;7-18H,1-6H3;6-17H,1-5H3;2*6-18H,1-5H3/q5*+1. The largest absolute Gasteiger partial charge is 0.220 e. The average Bonchev–Trinajstić information content (AvgIpc) is 0.751. The van der Waals surface area contributed by atoms with Crippen molar-refractivity contribution in [3.05, 3.63) is 449 Å². The van der Waals surface area contributed by atoms with Crippen LogP contribution in [0.4, 0.5) is 4.39 Å². The molecule has 15 aromatic carbocycles. The van der Waals surface area contributed by atoms with Gasteiger partial charge in [0.05, 0.1) is 49.2 Å². The SMILES string of the molecule is Cc1c(-c2c3ccc(C(C)(C)C)cc3cc[n+]2C)cc(-c2ccccc2)cc1C(C)C.Cc1cc(-c2ccccc2)cc(-c2c3ccc(C(C)(C)C)cc3cc[n+]2C)c1C.Cc1cc(-c2ccccc2)ccc1-c1c2ccc(C(C)(C)C)cc2cc[n+]1C.Cc1cc(F)c(-c2ccccc2)cc1-c1c2ccc(C(C)(C)C)cc2cc[n+]1C.Cc1ccc(-c2ccccc2)cc1-c1c2ccc(C(C)(C)C)cc2cc[n+]1C. The normalized spacial score (nSPS) is 11.8. The fraction of sp³-hybridized carbons (Fsp3) is 0.245. The summed E-state index contributed by atoms with van der Waals surface area (Å²) in [5.41, 5.74) is 40.6. The second-order valence-corrected chi connectivity index (χ2v) is 45.5. The van der Waals surface area contributed by atoms with E-state index in [1.165, 1.54) is 205 Å². The second kappa shape index (κ2) is 42.3. The fourth-order valence-corrected chi connectivity index (χ4v) is 20.3. The highest BCUT2D eigenvalue weighted by atomic mass is 19.1. The number of aryl methyl sites for hydroxylation is 9. The van der Waals surface area contributed by atoms with E-state index in [4.69, 9.17) is 0 Å². The van der Waals surface area contributed by atoms with E-state index >= 15 is 0 Å². The van der Waals surface area contributed by atoms with Crippen LogP contribution in [-0.2, 0) is 62.3 Å². The summed E-state index contributed by atoms with van der Waals surface area (Å²) in [5.74, 6) is 0.283. The summed E-state index contributed by atoms with van der Waals surface area (Å²) in [4.78, 5) is 0. The van der Waals surface area contributed by atoms with Crippen molar-refractivity contribution in [3.63, 3.8) is 0 Å². The molecule has 0 spiro atoms. The Bertz CT molecular complexity index is 8180. The van der Waals surface area contributed by atoms with E-state index < -0.39 is 0 Å². The van der Waals surface area contributed by atoms with E-state index in [0.29, 0.717) is 11.5 Å². The molecule has 20 aromatic rings. The van der Waals surface area contributed by atoms with Gasteiger partial charge >= 0.3 is 0 Å². The van der Waals surface area contributed by atoms with Crippen LogP contribution in [0.25, 0.3) is 166 Å². The van der Waals surface area contributed by atoms with Crippen LogP contribution in [0.15, 0.2) is 377 Å². The van der Waals surface area contributed by atoms with E-state index in [0.717, 1.165) is 22.4 Å². The number of nitrogens with zero attached hydrogens (tertiary/aromatic N) is 5. The maximum absolute atomic E-state index is 14.8. The van der Waals surface area contributed by atoms with E-state index in [1.807, 2.05) is 43.3 Å². The smallest absolute Gasteiger partial charge is 0.206 e. The van der Waals surface area contributed by atoms with Gasteiger partial charge in [-0.25, -0.2) is 27.2 Å². The van der Waals surface area contributed by atoms with Crippen molar-refractivity contribution in [1.82, 2.24) is 0 Å². The first-order valence-corrected chi connectivity index (χ1v) is 51.6. The minimum absolute atomic E-state index is 0.0959. The number of aromatic nitrogens is 5. The number of benzene rings is 15. The van der Waals surface area contributed by atoms with Crippen molar-refractivity contribution in [3.8, 4) is 112 Å². The Morgan fingerprint density at radius 1 is 0.200 bits per heavy atom. The Kier molecular flexibility index (Phi) is 30.1. The topological polar surface area (TPSA) is 19.4 Å². The maximum atomic E-state index is 14.8. The zero-order valence-corrected chi connectivity index (χ0v) is 91.0. The third kappa shape index (κ3) is 22.8. The van der Waals surface area contributed by atoms with Gasteiger partial charge in [0.1, 0.15) is 41.1 Å². The zero-order chi connectivity index (χ0) is 104. The van der Waals surface area contributed by atoms with Crippen molar-refractivity contribution in [1.29, 1.82) is 0 Å². The van der Waals surface area contributed by atoms with Crippen molar-refractivity contribution in [2.24, 2.45) is 35.2 Å². The number of fused-ring (bicyclic) bond motifs is 5. The molecule has 0 saturated carbocycles. The van der Waals surface area contributed by atoms with Crippen LogP contribution >= 0.6 is 0 Å². The van der Waals surface area contributed by atoms with Gasteiger partial charge in [-0.1, -0.05) is 366 Å². The minimum atomic E-state index is -0.185. The van der Waals surface area contributed by atoms with Crippen LogP contribution in [0, 0.1) is 47.4 Å². The molecule has 0 aliphatic carbocycles. The maximum Gasteiger partial charge on any atom is 0.220 e. The molecule has 0 aliphatic heterocycles. The molecule has 0 bridgehead atoms. The molecule has 0 radical (unpaired) electrons. The van der Waals surface area contributed by atoms with Gasteiger partial charge in [0.25, 0.3) is 0 Å². The molecule has 730 valence electrons. The molecule has 5 heterocycles. The number of halogens is 1.